The van der Waals surface area contributed by atoms with E-state index in [-0.39, 0.29) is 5.91 Å². The summed E-state index contributed by atoms with van der Waals surface area (Å²) >= 11 is 11.8. The van der Waals surface area contributed by atoms with Crippen LogP contribution in [0.15, 0.2) is 23.3 Å². The molecular formula is C12H12Cl2N2O. The van der Waals surface area contributed by atoms with Crippen LogP contribution >= 0.6 is 23.2 Å². The van der Waals surface area contributed by atoms with Crippen LogP contribution in [0.4, 0.5) is 5.69 Å². The van der Waals surface area contributed by atoms with Crippen molar-refractivity contribution < 1.29 is 4.79 Å². The van der Waals surface area contributed by atoms with Gasteiger partial charge in [0, 0.05) is 6.21 Å². The molecule has 1 amide bonds. The number of alkyl halides is 2. The van der Waals surface area contributed by atoms with Gasteiger partial charge in [0.1, 0.15) is 5.38 Å². The molecule has 0 fully saturated rings. The van der Waals surface area contributed by atoms with E-state index in [9.17, 15) is 4.79 Å². The van der Waals surface area contributed by atoms with E-state index in [1.54, 1.807) is 0 Å². The van der Waals surface area contributed by atoms with Crippen molar-refractivity contribution in [1.29, 1.82) is 0 Å². The minimum Gasteiger partial charge on any atom is -0.271 e. The van der Waals surface area contributed by atoms with Crippen molar-refractivity contribution in [3.8, 4) is 0 Å². The van der Waals surface area contributed by atoms with E-state index in [4.69, 9.17) is 23.2 Å². The number of aryl methyl sites for hydroxylation is 2. The monoisotopic (exact) mass is 270 g/mol. The Kier molecular flexibility index (Phi) is 3.40. The van der Waals surface area contributed by atoms with Gasteiger partial charge in [-0.15, -0.1) is 23.2 Å². The molecule has 0 aliphatic carbocycles. The van der Waals surface area contributed by atoms with Crippen LogP contribution in [-0.2, 0) is 4.79 Å². The van der Waals surface area contributed by atoms with Crippen LogP contribution in [0.5, 0.6) is 0 Å². The second-order valence-electron chi connectivity index (χ2n) is 4.03. The average Bonchev–Trinajstić information content (AvgIpc) is 2.30. The Labute approximate surface area is 110 Å². The van der Waals surface area contributed by atoms with Crippen LogP contribution in [0.3, 0.4) is 0 Å². The van der Waals surface area contributed by atoms with Crippen molar-refractivity contribution in [2.24, 2.45) is 5.10 Å². The normalized spacial score (nSPS) is 24.2. The molecule has 1 aromatic carbocycles. The lowest BCUT2D eigenvalue weighted by molar-refractivity contribution is -0.118. The van der Waals surface area contributed by atoms with Crippen LogP contribution in [-0.4, -0.2) is 22.9 Å². The van der Waals surface area contributed by atoms with Gasteiger partial charge in [-0.1, -0.05) is 6.07 Å². The number of carbonyl (C=O) groups excluding carboxylic acids is 1. The maximum absolute atomic E-state index is 11.9. The summed E-state index contributed by atoms with van der Waals surface area (Å²) in [6.45, 7) is 4.00. The lowest BCUT2D eigenvalue weighted by atomic mass is 10.1. The van der Waals surface area contributed by atoms with Gasteiger partial charge in [0.2, 0.25) is 0 Å². The molecule has 2 rings (SSSR count). The zero-order valence-corrected chi connectivity index (χ0v) is 11.0. The Balaban J connectivity index is 2.37. The first-order chi connectivity index (χ1) is 8.00. The van der Waals surface area contributed by atoms with Gasteiger partial charge in [-0.05, 0) is 37.1 Å². The Hall–Kier alpha value is -1.06. The lowest BCUT2D eigenvalue weighted by Gasteiger charge is -2.25. The molecule has 17 heavy (non-hydrogen) atoms. The SMILES string of the molecule is Cc1ccc(N2N=CC(Cl)C(Cl)C2=O)cc1C. The van der Waals surface area contributed by atoms with Crippen molar-refractivity contribution >= 4 is 41.0 Å². The number of carbonyl (C=O) groups is 1. The number of hydrogen-bond acceptors (Lipinski definition) is 2. The number of hydrazone groups is 1. The summed E-state index contributed by atoms with van der Waals surface area (Å²) in [5.41, 5.74) is 2.98. The van der Waals surface area contributed by atoms with E-state index in [2.05, 4.69) is 5.10 Å². The van der Waals surface area contributed by atoms with E-state index in [0.29, 0.717) is 5.69 Å². The highest BCUT2D eigenvalue weighted by Gasteiger charge is 2.32. The first kappa shape index (κ1) is 12.4. The molecule has 1 aliphatic rings. The molecule has 0 saturated carbocycles. The Bertz CT molecular complexity index is 487. The summed E-state index contributed by atoms with van der Waals surface area (Å²) in [6.07, 6.45) is 1.48. The van der Waals surface area contributed by atoms with E-state index in [0.717, 1.165) is 5.56 Å². The molecular weight excluding hydrogens is 259 g/mol. The number of rotatable bonds is 1. The summed E-state index contributed by atoms with van der Waals surface area (Å²) < 4.78 is 0. The Morgan fingerprint density at radius 3 is 2.59 bits per heavy atom. The summed E-state index contributed by atoms with van der Waals surface area (Å²) in [5, 5.41) is 4.00. The number of nitrogens with zero attached hydrogens (tertiary/aromatic N) is 2. The van der Waals surface area contributed by atoms with Crippen molar-refractivity contribution in [2.45, 2.75) is 24.6 Å². The van der Waals surface area contributed by atoms with Gasteiger partial charge < -0.3 is 0 Å². The molecule has 2 unspecified atom stereocenters. The molecule has 1 aliphatic heterocycles. The third-order valence-electron chi connectivity index (χ3n) is 2.78. The first-order valence-corrected chi connectivity index (χ1v) is 6.11. The third-order valence-corrected chi connectivity index (χ3v) is 3.74. The van der Waals surface area contributed by atoms with Gasteiger partial charge in [-0.3, -0.25) is 4.79 Å². The first-order valence-electron chi connectivity index (χ1n) is 5.24. The summed E-state index contributed by atoms with van der Waals surface area (Å²) in [7, 11) is 0. The fourth-order valence-electron chi connectivity index (χ4n) is 1.57. The highest BCUT2D eigenvalue weighted by Crippen LogP contribution is 2.25. The largest absolute Gasteiger partial charge is 0.271 e. The smallest absolute Gasteiger partial charge is 0.267 e. The van der Waals surface area contributed by atoms with Gasteiger partial charge in [0.25, 0.3) is 5.91 Å². The fraction of sp³-hybridized carbons (Fsp3) is 0.333. The quantitative estimate of drug-likeness (QED) is 0.723. The molecule has 0 radical (unpaired) electrons. The van der Waals surface area contributed by atoms with Crippen molar-refractivity contribution in [2.75, 3.05) is 5.01 Å². The summed E-state index contributed by atoms with van der Waals surface area (Å²) in [6, 6.07) is 5.70. The van der Waals surface area contributed by atoms with Crippen molar-refractivity contribution in [3.63, 3.8) is 0 Å². The molecule has 5 heteroatoms. The minimum absolute atomic E-state index is 0.294. The second kappa shape index (κ2) is 4.67. The van der Waals surface area contributed by atoms with Crippen molar-refractivity contribution in [3.05, 3.63) is 29.3 Å². The van der Waals surface area contributed by atoms with Crippen LogP contribution in [0.25, 0.3) is 0 Å². The molecule has 1 heterocycles. The molecule has 0 saturated heterocycles. The number of benzene rings is 1. The van der Waals surface area contributed by atoms with E-state index >= 15 is 0 Å². The standard InChI is InChI=1S/C12H12Cl2N2O/c1-7-3-4-9(5-8(7)2)16-12(17)11(14)10(13)6-15-16/h3-6,10-11H,1-2H3. The zero-order valence-electron chi connectivity index (χ0n) is 9.52. The molecule has 90 valence electrons. The lowest BCUT2D eigenvalue weighted by Crippen LogP contribution is -2.42. The van der Waals surface area contributed by atoms with Gasteiger partial charge in [-0.25, -0.2) is 0 Å². The maximum atomic E-state index is 11.9. The van der Waals surface area contributed by atoms with Crippen LogP contribution < -0.4 is 5.01 Å². The molecule has 0 bridgehead atoms. The van der Waals surface area contributed by atoms with Crippen LogP contribution in [0, 0.1) is 13.8 Å². The Morgan fingerprint density at radius 1 is 1.24 bits per heavy atom. The van der Waals surface area contributed by atoms with E-state index in [1.165, 1.54) is 16.8 Å². The topological polar surface area (TPSA) is 32.7 Å². The minimum atomic E-state index is -0.768. The zero-order chi connectivity index (χ0) is 12.6. The van der Waals surface area contributed by atoms with Gasteiger partial charge >= 0.3 is 0 Å². The number of hydrogen-bond donors (Lipinski definition) is 0. The molecule has 3 nitrogen and oxygen atoms in total. The van der Waals surface area contributed by atoms with E-state index < -0.39 is 10.8 Å². The van der Waals surface area contributed by atoms with Crippen molar-refractivity contribution in [1.82, 2.24) is 0 Å². The highest BCUT2D eigenvalue weighted by atomic mass is 35.5. The summed E-state index contributed by atoms with van der Waals surface area (Å²) in [4.78, 5) is 11.9. The number of amides is 1. The average molecular weight is 271 g/mol. The van der Waals surface area contributed by atoms with Gasteiger partial charge in [0.15, 0.2) is 0 Å². The number of halogens is 2. The Morgan fingerprint density at radius 2 is 1.94 bits per heavy atom. The third kappa shape index (κ3) is 2.31. The predicted molar refractivity (Wildman–Crippen MR) is 71.2 cm³/mol. The van der Waals surface area contributed by atoms with Crippen LogP contribution in [0.2, 0.25) is 0 Å². The van der Waals surface area contributed by atoms with Crippen LogP contribution in [0.1, 0.15) is 11.1 Å². The molecule has 1 aromatic rings. The molecule has 0 aromatic heterocycles. The van der Waals surface area contributed by atoms with Gasteiger partial charge in [0.05, 0.1) is 11.1 Å². The van der Waals surface area contributed by atoms with Gasteiger partial charge in [-0.2, -0.15) is 10.1 Å². The molecule has 2 atom stereocenters. The fourth-order valence-corrected chi connectivity index (χ4v) is 1.88. The predicted octanol–water partition coefficient (Wildman–Crippen LogP) is 2.85. The number of anilines is 1. The molecule has 0 N–H and O–H groups in total. The molecule has 0 spiro atoms. The summed E-state index contributed by atoms with van der Waals surface area (Å²) in [5.74, 6) is -0.294. The van der Waals surface area contributed by atoms with E-state index in [1.807, 2.05) is 32.0 Å². The second-order valence-corrected chi connectivity index (χ2v) is 5.00. The highest BCUT2D eigenvalue weighted by molar-refractivity contribution is 6.43. The maximum Gasteiger partial charge on any atom is 0.267 e.